The van der Waals surface area contributed by atoms with Crippen LogP contribution in [0.1, 0.15) is 5.56 Å². The Morgan fingerprint density at radius 3 is 1.38 bits per heavy atom. The molecule has 0 aliphatic heterocycles. The quantitative estimate of drug-likeness (QED) is 0.113. The zero-order valence-electron chi connectivity index (χ0n) is 26.3. The summed E-state index contributed by atoms with van der Waals surface area (Å²) in [5.41, 5.74) is 6.28. The molecule has 0 aliphatic carbocycles. The summed E-state index contributed by atoms with van der Waals surface area (Å²) in [5.74, 6) is 0. The summed E-state index contributed by atoms with van der Waals surface area (Å²) >= 11 is 3.98. The average Bonchev–Trinajstić information content (AvgIpc) is 3.15. The van der Waals surface area contributed by atoms with Crippen LogP contribution in [0.5, 0.6) is 0 Å². The van der Waals surface area contributed by atoms with Gasteiger partial charge in [-0.3, -0.25) is 0 Å². The van der Waals surface area contributed by atoms with Crippen LogP contribution in [0.3, 0.4) is 0 Å². The Morgan fingerprint density at radius 2 is 0.854 bits per heavy atom. The number of hydrogen-bond acceptors (Lipinski definition) is 0. The van der Waals surface area contributed by atoms with Gasteiger partial charge in [0.15, 0.2) is 0 Å². The Hall–Kier alpha value is -4.33. The molecule has 0 spiro atoms. The SMILES string of the molecule is Brc1cc(-c2ccccc2)cc2c1ccc1c(C[P+](c3ccccc3)(c3ccccc3)c3ccccc3)ccc(-c3ccccc3)c12.[Br-]. The molecule has 0 N–H and O–H groups in total. The molecule has 0 aliphatic rings. The summed E-state index contributed by atoms with van der Waals surface area (Å²) < 4.78 is 1.11. The molecule has 8 rings (SSSR count). The first-order chi connectivity index (χ1) is 23.2. The highest BCUT2D eigenvalue weighted by atomic mass is 79.9. The van der Waals surface area contributed by atoms with Crippen molar-refractivity contribution >= 4 is 60.7 Å². The van der Waals surface area contributed by atoms with Crippen LogP contribution in [0.4, 0.5) is 0 Å². The molecule has 0 bridgehead atoms. The maximum Gasteiger partial charge on any atom is 0.116 e. The maximum absolute atomic E-state index is 3.98. The largest absolute Gasteiger partial charge is 1.00 e. The third kappa shape index (κ3) is 5.84. The van der Waals surface area contributed by atoms with Crippen molar-refractivity contribution in [2.24, 2.45) is 0 Å². The van der Waals surface area contributed by atoms with E-state index in [1.165, 1.54) is 65.3 Å². The molecule has 0 atom stereocenters. The van der Waals surface area contributed by atoms with E-state index in [1.54, 1.807) is 0 Å². The van der Waals surface area contributed by atoms with E-state index in [2.05, 4.69) is 204 Å². The predicted octanol–water partition coefficient (Wildman–Crippen LogP) is 8.59. The van der Waals surface area contributed by atoms with Crippen LogP contribution in [0.15, 0.2) is 193 Å². The minimum atomic E-state index is -2.10. The Kier molecular flexibility index (Phi) is 9.42. The molecule has 8 aromatic rings. The molecule has 0 radical (unpaired) electrons. The monoisotopic (exact) mass is 762 g/mol. The van der Waals surface area contributed by atoms with Crippen LogP contribution >= 0.6 is 23.2 Å². The second-order valence-electron chi connectivity index (χ2n) is 12.0. The van der Waals surface area contributed by atoms with Gasteiger partial charge in [-0.2, -0.15) is 0 Å². The third-order valence-corrected chi connectivity index (χ3v) is 14.4. The van der Waals surface area contributed by atoms with Gasteiger partial charge in [0, 0.05) is 4.47 Å². The van der Waals surface area contributed by atoms with Crippen molar-refractivity contribution in [2.45, 2.75) is 6.16 Å². The lowest BCUT2D eigenvalue weighted by atomic mass is 9.90. The summed E-state index contributed by atoms with van der Waals surface area (Å²) in [6, 6.07) is 69.3. The van der Waals surface area contributed by atoms with Crippen molar-refractivity contribution in [2.75, 3.05) is 0 Å². The van der Waals surface area contributed by atoms with Crippen LogP contribution in [0, 0.1) is 0 Å². The summed E-state index contributed by atoms with van der Waals surface area (Å²) in [7, 11) is -2.10. The Labute approximate surface area is 302 Å². The van der Waals surface area contributed by atoms with Crippen LogP contribution in [0.2, 0.25) is 0 Å². The fourth-order valence-electron chi connectivity index (χ4n) is 7.12. The number of halogens is 2. The number of hydrogen-bond donors (Lipinski definition) is 0. The minimum absolute atomic E-state index is 0. The van der Waals surface area contributed by atoms with E-state index in [0.29, 0.717) is 0 Å². The van der Waals surface area contributed by atoms with E-state index in [9.17, 15) is 0 Å². The van der Waals surface area contributed by atoms with Crippen molar-refractivity contribution < 1.29 is 17.0 Å². The lowest BCUT2D eigenvalue weighted by Crippen LogP contribution is -3.00. The Morgan fingerprint density at radius 1 is 0.396 bits per heavy atom. The van der Waals surface area contributed by atoms with Crippen LogP contribution < -0.4 is 32.9 Å². The third-order valence-electron chi connectivity index (χ3n) is 9.34. The molecule has 48 heavy (non-hydrogen) atoms. The summed E-state index contributed by atoms with van der Waals surface area (Å²) in [4.78, 5) is 0. The highest BCUT2D eigenvalue weighted by Crippen LogP contribution is 2.59. The van der Waals surface area contributed by atoms with Crippen LogP contribution in [0.25, 0.3) is 43.8 Å². The van der Waals surface area contributed by atoms with Gasteiger partial charge in [-0.15, -0.1) is 0 Å². The van der Waals surface area contributed by atoms with E-state index in [1.807, 2.05) is 0 Å². The smallest absolute Gasteiger partial charge is 0.116 e. The van der Waals surface area contributed by atoms with Gasteiger partial charge in [0.25, 0.3) is 0 Å². The predicted molar refractivity (Wildman–Crippen MR) is 209 cm³/mol. The number of fused-ring (bicyclic) bond motifs is 3. The van der Waals surface area contributed by atoms with Gasteiger partial charge in [-0.1, -0.05) is 155 Å². The Balaban J connectivity index is 0.00000364. The van der Waals surface area contributed by atoms with E-state index < -0.39 is 7.26 Å². The Bertz CT molecular complexity index is 2210. The molecule has 3 heteroatoms. The topological polar surface area (TPSA) is 0 Å². The molecular weight excluding hydrogens is 731 g/mol. The van der Waals surface area contributed by atoms with Gasteiger partial charge in [0.1, 0.15) is 23.2 Å². The summed E-state index contributed by atoms with van der Waals surface area (Å²) in [6.07, 6.45) is 0.918. The fraction of sp³-hybridized carbons (Fsp3) is 0.0222. The molecule has 0 saturated heterocycles. The number of rotatable bonds is 7. The van der Waals surface area contributed by atoms with Crippen LogP contribution in [-0.4, -0.2) is 0 Å². The molecule has 0 amide bonds. The molecule has 0 unspecified atom stereocenters. The second kappa shape index (κ2) is 14.0. The first-order valence-electron chi connectivity index (χ1n) is 16.1. The van der Waals surface area contributed by atoms with E-state index in [0.717, 1.165) is 10.6 Å². The molecule has 0 fully saturated rings. The molecule has 0 heterocycles. The maximum atomic E-state index is 3.98. The molecule has 0 nitrogen and oxygen atoms in total. The van der Waals surface area contributed by atoms with E-state index in [-0.39, 0.29) is 17.0 Å². The molecule has 0 aromatic heterocycles. The summed E-state index contributed by atoms with van der Waals surface area (Å²) in [5, 5.41) is 9.29. The first-order valence-corrected chi connectivity index (χ1v) is 18.8. The lowest BCUT2D eigenvalue weighted by Gasteiger charge is -2.28. The highest BCUT2D eigenvalue weighted by Gasteiger charge is 2.45. The van der Waals surface area contributed by atoms with Gasteiger partial charge in [-0.25, -0.2) is 0 Å². The summed E-state index contributed by atoms with van der Waals surface area (Å²) in [6.45, 7) is 0. The standard InChI is InChI=1S/C45H33BrP.BrH/c46-44-31-36(33-16-6-1-7-17-33)30-43-42(44)29-28-41-35(26-27-40(45(41)43)34-18-8-2-9-19-34)32-47(37-20-10-3-11-21-37,38-22-12-4-13-23-38)39-24-14-5-15-25-39;/h1-31H,32H2;1H/q+1;/p-1. The van der Waals surface area contributed by atoms with Crippen LogP contribution in [-0.2, 0) is 6.16 Å². The fourth-order valence-corrected chi connectivity index (χ4v) is 12.0. The van der Waals surface area contributed by atoms with Gasteiger partial charge in [0.05, 0.1) is 6.16 Å². The average molecular weight is 765 g/mol. The molecule has 8 aromatic carbocycles. The van der Waals surface area contributed by atoms with Gasteiger partial charge in [-0.05, 0) is 97.9 Å². The van der Waals surface area contributed by atoms with Crippen molar-refractivity contribution in [1.29, 1.82) is 0 Å². The van der Waals surface area contributed by atoms with E-state index >= 15 is 0 Å². The first kappa shape index (κ1) is 32.2. The van der Waals surface area contributed by atoms with Crippen molar-refractivity contribution in [1.82, 2.24) is 0 Å². The van der Waals surface area contributed by atoms with Crippen molar-refractivity contribution in [3.8, 4) is 22.3 Å². The van der Waals surface area contributed by atoms with E-state index in [4.69, 9.17) is 0 Å². The zero-order valence-corrected chi connectivity index (χ0v) is 30.4. The minimum Gasteiger partial charge on any atom is -1.00 e. The van der Waals surface area contributed by atoms with Crippen molar-refractivity contribution in [3.05, 3.63) is 198 Å². The zero-order chi connectivity index (χ0) is 31.6. The normalized spacial score (nSPS) is 11.4. The van der Waals surface area contributed by atoms with Crippen molar-refractivity contribution in [3.63, 3.8) is 0 Å². The van der Waals surface area contributed by atoms with Gasteiger partial charge in [0.2, 0.25) is 0 Å². The lowest BCUT2D eigenvalue weighted by molar-refractivity contribution is -0.00000869. The van der Waals surface area contributed by atoms with Gasteiger partial charge < -0.3 is 17.0 Å². The second-order valence-corrected chi connectivity index (χ2v) is 16.4. The highest BCUT2D eigenvalue weighted by molar-refractivity contribution is 9.10. The van der Waals surface area contributed by atoms with Gasteiger partial charge >= 0.3 is 0 Å². The molecule has 232 valence electrons. The number of benzene rings is 8. The molecule has 0 saturated carbocycles. The molecular formula is C45H33Br2P.